The number of ether oxygens (including phenoxy) is 1. The average Bonchev–Trinajstić information content (AvgIpc) is 2.65. The summed E-state index contributed by atoms with van der Waals surface area (Å²) in [5.41, 5.74) is 0.950. The first-order valence-corrected chi connectivity index (χ1v) is 10.8. The van der Waals surface area contributed by atoms with Gasteiger partial charge in [0.1, 0.15) is 30.3 Å². The van der Waals surface area contributed by atoms with E-state index in [4.69, 9.17) is 9.88 Å². The summed E-state index contributed by atoms with van der Waals surface area (Å²) in [4.78, 5) is -0.282. The van der Waals surface area contributed by atoms with Gasteiger partial charge in [-0.1, -0.05) is 18.2 Å². The Morgan fingerprint density at radius 1 is 1.33 bits per heavy atom. The Kier molecular flexibility index (Phi) is 7.55. The lowest BCUT2D eigenvalue weighted by molar-refractivity contribution is 0.0986. The fraction of sp³-hybridized carbons (Fsp3) is 0.381. The molecule has 0 saturated carbocycles. The number of nitrogens with two attached hydrogens (primary N) is 1. The Hall–Kier alpha value is -2.51. The zero-order valence-electron chi connectivity index (χ0n) is 17.1. The van der Waals surface area contributed by atoms with Gasteiger partial charge in [-0.2, -0.15) is 5.26 Å². The van der Waals surface area contributed by atoms with Crippen molar-refractivity contribution in [3.05, 3.63) is 58.9 Å². The number of halogens is 1. The van der Waals surface area contributed by atoms with E-state index in [-0.39, 0.29) is 24.5 Å². The van der Waals surface area contributed by atoms with Crippen LogP contribution in [0.3, 0.4) is 0 Å². The molecule has 0 aromatic heterocycles. The summed E-state index contributed by atoms with van der Waals surface area (Å²) in [6.45, 7) is 5.64. The maximum Gasteiger partial charge on any atom is 0.238 e. The summed E-state index contributed by atoms with van der Waals surface area (Å²) in [5, 5.41) is 27.6. The van der Waals surface area contributed by atoms with E-state index in [9.17, 15) is 23.2 Å². The van der Waals surface area contributed by atoms with Crippen LogP contribution in [0, 0.1) is 24.1 Å². The van der Waals surface area contributed by atoms with E-state index in [1.807, 2.05) is 13.8 Å². The molecule has 2 aromatic rings. The Labute approximate surface area is 176 Å². The molecule has 0 heterocycles. The van der Waals surface area contributed by atoms with Crippen molar-refractivity contribution in [2.75, 3.05) is 13.2 Å². The normalized spacial score (nSPS) is 13.0. The maximum atomic E-state index is 14.3. The summed E-state index contributed by atoms with van der Waals surface area (Å²) in [6.07, 6.45) is -0.598. The number of aliphatic hydroxyl groups is 1. The maximum absolute atomic E-state index is 14.3. The summed E-state index contributed by atoms with van der Waals surface area (Å²) in [7, 11) is -3.97. The number of primary sulfonamides is 1. The Morgan fingerprint density at radius 3 is 2.63 bits per heavy atom. The lowest BCUT2D eigenvalue weighted by Gasteiger charge is -2.28. The zero-order chi connectivity index (χ0) is 22.5. The lowest BCUT2D eigenvalue weighted by atomic mass is 9.94. The molecule has 0 saturated heterocycles. The largest absolute Gasteiger partial charge is 0.489 e. The quantitative estimate of drug-likeness (QED) is 0.553. The summed E-state index contributed by atoms with van der Waals surface area (Å²) >= 11 is 0. The van der Waals surface area contributed by atoms with Gasteiger partial charge in [-0.15, -0.1) is 0 Å². The number of nitrogens with one attached hydrogen (secondary N) is 1. The van der Waals surface area contributed by atoms with Gasteiger partial charge in [0.15, 0.2) is 0 Å². The summed E-state index contributed by atoms with van der Waals surface area (Å²) in [6, 6.07) is 10.9. The molecule has 0 bridgehead atoms. The number of aryl methyl sites for hydroxylation is 1. The fourth-order valence-corrected chi connectivity index (χ4v) is 3.46. The smallest absolute Gasteiger partial charge is 0.238 e. The number of β-amino-alcohol motifs (C(OH)–C–C–N with tert-alkyl or cyclic N) is 1. The monoisotopic (exact) mass is 435 g/mol. The molecule has 162 valence electrons. The molecule has 0 radical (unpaired) electrons. The highest BCUT2D eigenvalue weighted by atomic mass is 32.2. The molecule has 0 unspecified atom stereocenters. The topological polar surface area (TPSA) is 125 Å². The van der Waals surface area contributed by atoms with Gasteiger partial charge in [-0.25, -0.2) is 17.9 Å². The molecule has 0 aliphatic rings. The second-order valence-corrected chi connectivity index (χ2v) is 9.33. The molecule has 0 amide bonds. The number of rotatable bonds is 9. The SMILES string of the molecule is Cc1cccc(OC[C@@H](O)CNC(C)(C)Cc2ccc(S(N)(=O)=O)cc2F)c1C#N. The zero-order valence-corrected chi connectivity index (χ0v) is 18.0. The molecule has 7 nitrogen and oxygen atoms in total. The first kappa shape index (κ1) is 23.8. The molecule has 30 heavy (non-hydrogen) atoms. The molecule has 0 aliphatic carbocycles. The number of benzene rings is 2. The number of nitrogens with zero attached hydrogens (tertiary/aromatic N) is 1. The van der Waals surface area contributed by atoms with Crippen molar-refractivity contribution in [1.29, 1.82) is 5.26 Å². The van der Waals surface area contributed by atoms with E-state index in [0.717, 1.165) is 11.6 Å². The predicted octanol–water partition coefficient (Wildman–Crippen LogP) is 2.00. The minimum atomic E-state index is -3.97. The molecule has 0 spiro atoms. The first-order chi connectivity index (χ1) is 13.9. The van der Waals surface area contributed by atoms with Gasteiger partial charge in [-0.05, 0) is 56.5 Å². The molecule has 2 aromatic carbocycles. The first-order valence-electron chi connectivity index (χ1n) is 9.30. The van der Waals surface area contributed by atoms with E-state index in [2.05, 4.69) is 11.4 Å². The second kappa shape index (κ2) is 9.53. The fourth-order valence-electron chi connectivity index (χ4n) is 2.93. The van der Waals surface area contributed by atoms with E-state index in [1.54, 1.807) is 25.1 Å². The van der Waals surface area contributed by atoms with Crippen LogP contribution < -0.4 is 15.2 Å². The van der Waals surface area contributed by atoms with Crippen LogP contribution in [0.4, 0.5) is 4.39 Å². The van der Waals surface area contributed by atoms with Gasteiger partial charge in [0.05, 0.1) is 10.5 Å². The van der Waals surface area contributed by atoms with Gasteiger partial charge in [0.2, 0.25) is 10.0 Å². The van der Waals surface area contributed by atoms with Crippen LogP contribution in [-0.4, -0.2) is 38.3 Å². The van der Waals surface area contributed by atoms with Crippen LogP contribution in [0.15, 0.2) is 41.3 Å². The number of hydrogen-bond acceptors (Lipinski definition) is 6. The van der Waals surface area contributed by atoms with Crippen LogP contribution in [0.1, 0.15) is 30.5 Å². The predicted molar refractivity (Wildman–Crippen MR) is 111 cm³/mol. The summed E-state index contributed by atoms with van der Waals surface area (Å²) in [5.74, 6) is -0.253. The van der Waals surface area contributed by atoms with Crippen LogP contribution in [0.5, 0.6) is 5.75 Å². The van der Waals surface area contributed by atoms with Crippen molar-refractivity contribution in [2.24, 2.45) is 5.14 Å². The molecule has 0 fully saturated rings. The molecule has 4 N–H and O–H groups in total. The van der Waals surface area contributed by atoms with Crippen molar-refractivity contribution in [3.63, 3.8) is 0 Å². The third-order valence-electron chi connectivity index (χ3n) is 4.58. The molecule has 9 heteroatoms. The van der Waals surface area contributed by atoms with Gasteiger partial charge < -0.3 is 15.2 Å². The van der Waals surface area contributed by atoms with E-state index in [0.29, 0.717) is 16.9 Å². The van der Waals surface area contributed by atoms with Gasteiger partial charge in [0.25, 0.3) is 0 Å². The highest BCUT2D eigenvalue weighted by molar-refractivity contribution is 7.89. The molecular formula is C21H26FN3O4S. The van der Waals surface area contributed by atoms with E-state index < -0.39 is 27.5 Å². The van der Waals surface area contributed by atoms with Gasteiger partial charge >= 0.3 is 0 Å². The van der Waals surface area contributed by atoms with Crippen LogP contribution in [-0.2, 0) is 16.4 Å². The van der Waals surface area contributed by atoms with Crippen molar-refractivity contribution in [3.8, 4) is 11.8 Å². The molecule has 1 atom stereocenters. The highest BCUT2D eigenvalue weighted by Gasteiger charge is 2.22. The van der Waals surface area contributed by atoms with E-state index in [1.165, 1.54) is 12.1 Å². The van der Waals surface area contributed by atoms with Crippen molar-refractivity contribution in [2.45, 2.75) is 43.7 Å². The van der Waals surface area contributed by atoms with Crippen molar-refractivity contribution in [1.82, 2.24) is 5.32 Å². The molecular weight excluding hydrogens is 409 g/mol. The Bertz CT molecular complexity index is 1050. The number of nitriles is 1. The number of aliphatic hydroxyl groups excluding tert-OH is 1. The number of sulfonamides is 1. The Morgan fingerprint density at radius 2 is 2.03 bits per heavy atom. The summed E-state index contributed by atoms with van der Waals surface area (Å²) < 4.78 is 42.5. The third kappa shape index (κ3) is 6.50. The highest BCUT2D eigenvalue weighted by Crippen LogP contribution is 2.21. The van der Waals surface area contributed by atoms with Gasteiger partial charge in [0, 0.05) is 12.1 Å². The van der Waals surface area contributed by atoms with E-state index >= 15 is 0 Å². The Balaban J connectivity index is 1.93. The minimum Gasteiger partial charge on any atom is -0.489 e. The number of hydrogen-bond donors (Lipinski definition) is 3. The van der Waals surface area contributed by atoms with Crippen LogP contribution >= 0.6 is 0 Å². The average molecular weight is 436 g/mol. The second-order valence-electron chi connectivity index (χ2n) is 7.76. The van der Waals surface area contributed by atoms with Crippen molar-refractivity contribution >= 4 is 10.0 Å². The van der Waals surface area contributed by atoms with Crippen molar-refractivity contribution < 1.29 is 22.7 Å². The van der Waals surface area contributed by atoms with Gasteiger partial charge in [-0.3, -0.25) is 0 Å². The standard InChI is InChI=1S/C21H26FN3O4S/c1-14-5-4-6-20(18(14)11-23)29-13-16(26)12-25-21(2,3)10-15-7-8-17(9-19(15)22)30(24,27)28/h4-9,16,25-26H,10,12-13H2,1-3H3,(H2,24,27,28)/t16-/m0/s1. The van der Waals surface area contributed by atoms with Crippen LogP contribution in [0.25, 0.3) is 0 Å². The third-order valence-corrected chi connectivity index (χ3v) is 5.49. The minimum absolute atomic E-state index is 0.0152. The lowest BCUT2D eigenvalue weighted by Crippen LogP contribution is -2.46. The molecule has 0 aliphatic heterocycles. The molecule has 2 rings (SSSR count). The van der Waals surface area contributed by atoms with Crippen LogP contribution in [0.2, 0.25) is 0 Å².